The van der Waals surface area contributed by atoms with Gasteiger partial charge in [0.1, 0.15) is 5.82 Å². The number of hydrogen-bond donors (Lipinski definition) is 1. The number of carbonyl (C=O) groups is 1. The van der Waals surface area contributed by atoms with Gasteiger partial charge in [-0.3, -0.25) is 9.69 Å². The van der Waals surface area contributed by atoms with Gasteiger partial charge in [-0.05, 0) is 57.1 Å². The zero-order valence-corrected chi connectivity index (χ0v) is 18.4. The fourth-order valence-electron chi connectivity index (χ4n) is 3.72. The van der Waals surface area contributed by atoms with E-state index in [-0.39, 0.29) is 11.7 Å². The Morgan fingerprint density at radius 3 is 2.42 bits per heavy atom. The van der Waals surface area contributed by atoms with Crippen LogP contribution in [0.1, 0.15) is 30.6 Å². The zero-order chi connectivity index (χ0) is 22.1. The fourth-order valence-corrected chi connectivity index (χ4v) is 3.72. The van der Waals surface area contributed by atoms with Crippen molar-refractivity contribution >= 4 is 11.6 Å². The molecule has 0 spiro atoms. The van der Waals surface area contributed by atoms with E-state index in [1.54, 1.807) is 24.3 Å². The molecule has 1 amide bonds. The van der Waals surface area contributed by atoms with Gasteiger partial charge in [-0.25, -0.2) is 4.39 Å². The van der Waals surface area contributed by atoms with E-state index in [0.29, 0.717) is 42.5 Å². The first-order valence-corrected chi connectivity index (χ1v) is 11.0. The maximum atomic E-state index is 14.0. The van der Waals surface area contributed by atoms with Gasteiger partial charge >= 0.3 is 0 Å². The molecule has 0 aromatic heterocycles. The van der Waals surface area contributed by atoms with Crippen molar-refractivity contribution in [3.8, 4) is 11.5 Å². The average molecular weight is 430 g/mol. The summed E-state index contributed by atoms with van der Waals surface area (Å²) in [4.78, 5) is 16.9. The van der Waals surface area contributed by atoms with Crippen molar-refractivity contribution in [2.45, 2.75) is 20.3 Å². The van der Waals surface area contributed by atoms with Crippen molar-refractivity contribution in [1.82, 2.24) is 10.2 Å². The lowest BCUT2D eigenvalue weighted by Gasteiger charge is -2.36. The fraction of sp³-hybridized carbons (Fsp3) is 0.458. The van der Waals surface area contributed by atoms with E-state index in [0.717, 1.165) is 39.1 Å². The van der Waals surface area contributed by atoms with Gasteiger partial charge in [-0.1, -0.05) is 12.1 Å². The van der Waals surface area contributed by atoms with Gasteiger partial charge in [0, 0.05) is 38.3 Å². The molecule has 1 fully saturated rings. The van der Waals surface area contributed by atoms with Crippen LogP contribution in [0.3, 0.4) is 0 Å². The van der Waals surface area contributed by atoms with E-state index in [9.17, 15) is 9.18 Å². The van der Waals surface area contributed by atoms with Gasteiger partial charge in [-0.15, -0.1) is 0 Å². The molecule has 0 bridgehead atoms. The lowest BCUT2D eigenvalue weighted by molar-refractivity contribution is 0.0951. The van der Waals surface area contributed by atoms with Crippen molar-refractivity contribution in [2.75, 3.05) is 57.4 Å². The standard InChI is InChI=1S/C24H32FN3O3/c1-3-30-22-11-10-19(18-23(22)31-4-2)24(29)26-12-7-13-27-14-16-28(17-15-27)21-9-6-5-8-20(21)25/h5-6,8-11,18H,3-4,7,12-17H2,1-2H3,(H,26,29). The minimum Gasteiger partial charge on any atom is -0.490 e. The van der Waals surface area contributed by atoms with Crippen LogP contribution in [0.2, 0.25) is 0 Å². The number of halogens is 1. The maximum Gasteiger partial charge on any atom is 0.251 e. The Morgan fingerprint density at radius 1 is 1.00 bits per heavy atom. The summed E-state index contributed by atoms with van der Waals surface area (Å²) < 4.78 is 25.1. The molecule has 3 rings (SSSR count). The quantitative estimate of drug-likeness (QED) is 0.586. The number of amides is 1. The topological polar surface area (TPSA) is 54.0 Å². The van der Waals surface area contributed by atoms with Crippen molar-refractivity contribution < 1.29 is 18.7 Å². The third kappa shape index (κ3) is 6.34. The second-order valence-corrected chi connectivity index (χ2v) is 7.42. The number of carbonyl (C=O) groups excluding carboxylic acids is 1. The van der Waals surface area contributed by atoms with E-state index in [1.807, 2.05) is 26.0 Å². The molecule has 2 aromatic carbocycles. The highest BCUT2D eigenvalue weighted by Gasteiger charge is 2.19. The van der Waals surface area contributed by atoms with Crippen molar-refractivity contribution in [3.63, 3.8) is 0 Å². The van der Waals surface area contributed by atoms with Crippen LogP contribution in [0.5, 0.6) is 11.5 Å². The van der Waals surface area contributed by atoms with Crippen LogP contribution >= 0.6 is 0 Å². The molecule has 0 aliphatic carbocycles. The van der Waals surface area contributed by atoms with Crippen LogP contribution < -0.4 is 19.7 Å². The normalized spacial score (nSPS) is 14.4. The summed E-state index contributed by atoms with van der Waals surface area (Å²) in [6.45, 7) is 9.75. The van der Waals surface area contributed by atoms with Crippen LogP contribution in [-0.4, -0.2) is 63.3 Å². The predicted octanol–water partition coefficient (Wildman–Crippen LogP) is 3.57. The third-order valence-corrected chi connectivity index (χ3v) is 5.31. The van der Waals surface area contributed by atoms with Gasteiger partial charge in [0.15, 0.2) is 11.5 Å². The smallest absolute Gasteiger partial charge is 0.251 e. The number of hydrogen-bond acceptors (Lipinski definition) is 5. The number of piperazine rings is 1. The molecule has 1 aliphatic heterocycles. The molecule has 6 nitrogen and oxygen atoms in total. The lowest BCUT2D eigenvalue weighted by Crippen LogP contribution is -2.47. The Bertz CT molecular complexity index is 854. The molecule has 1 heterocycles. The van der Waals surface area contributed by atoms with Crippen LogP contribution in [0.25, 0.3) is 0 Å². The van der Waals surface area contributed by atoms with Gasteiger partial charge in [0.25, 0.3) is 5.91 Å². The molecular formula is C24H32FN3O3. The highest BCUT2D eigenvalue weighted by Crippen LogP contribution is 2.28. The largest absolute Gasteiger partial charge is 0.490 e. The first-order chi connectivity index (χ1) is 15.1. The van der Waals surface area contributed by atoms with Gasteiger partial charge in [0.05, 0.1) is 18.9 Å². The molecule has 0 radical (unpaired) electrons. The number of benzene rings is 2. The summed E-state index contributed by atoms with van der Waals surface area (Å²) in [6, 6.07) is 12.2. The monoisotopic (exact) mass is 429 g/mol. The first-order valence-electron chi connectivity index (χ1n) is 11.0. The van der Waals surface area contributed by atoms with Gasteiger partial charge in [0.2, 0.25) is 0 Å². The van der Waals surface area contributed by atoms with Gasteiger partial charge in [-0.2, -0.15) is 0 Å². The number of nitrogens with zero attached hydrogens (tertiary/aromatic N) is 2. The third-order valence-electron chi connectivity index (χ3n) is 5.31. The molecule has 7 heteroatoms. The summed E-state index contributed by atoms with van der Waals surface area (Å²) in [5, 5.41) is 2.98. The van der Waals surface area contributed by atoms with E-state index < -0.39 is 0 Å². The number of ether oxygens (including phenoxy) is 2. The van der Waals surface area contributed by atoms with E-state index >= 15 is 0 Å². The molecule has 1 N–H and O–H groups in total. The van der Waals surface area contributed by atoms with E-state index in [2.05, 4.69) is 15.1 Å². The van der Waals surface area contributed by atoms with Crippen LogP contribution in [0, 0.1) is 5.82 Å². The van der Waals surface area contributed by atoms with Crippen molar-refractivity contribution in [2.24, 2.45) is 0 Å². The van der Waals surface area contributed by atoms with Crippen LogP contribution in [0.15, 0.2) is 42.5 Å². The minimum absolute atomic E-state index is 0.117. The summed E-state index contributed by atoms with van der Waals surface area (Å²) in [6.07, 6.45) is 0.862. The van der Waals surface area contributed by atoms with E-state index in [1.165, 1.54) is 6.07 Å². The molecule has 1 saturated heterocycles. The molecule has 31 heavy (non-hydrogen) atoms. The Hall–Kier alpha value is -2.80. The molecule has 0 saturated carbocycles. The summed E-state index contributed by atoms with van der Waals surface area (Å²) in [5.41, 5.74) is 1.24. The lowest BCUT2D eigenvalue weighted by atomic mass is 10.2. The Kier molecular flexibility index (Phi) is 8.53. The maximum absolute atomic E-state index is 14.0. The second kappa shape index (κ2) is 11.6. The average Bonchev–Trinajstić information content (AvgIpc) is 2.79. The molecule has 0 atom stereocenters. The first kappa shape index (κ1) is 22.9. The van der Waals surface area contributed by atoms with Crippen LogP contribution in [0.4, 0.5) is 10.1 Å². The molecule has 0 unspecified atom stereocenters. The number of anilines is 1. The molecule has 1 aliphatic rings. The Morgan fingerprint density at radius 2 is 1.71 bits per heavy atom. The van der Waals surface area contributed by atoms with E-state index in [4.69, 9.17) is 9.47 Å². The minimum atomic E-state index is -0.166. The summed E-state index contributed by atoms with van der Waals surface area (Å²) in [7, 11) is 0. The number of nitrogens with one attached hydrogen (secondary N) is 1. The highest BCUT2D eigenvalue weighted by atomic mass is 19.1. The van der Waals surface area contributed by atoms with Crippen molar-refractivity contribution in [3.05, 3.63) is 53.8 Å². The summed E-state index contributed by atoms with van der Waals surface area (Å²) in [5.74, 6) is 0.953. The second-order valence-electron chi connectivity index (χ2n) is 7.42. The van der Waals surface area contributed by atoms with Gasteiger partial charge < -0.3 is 19.7 Å². The Balaban J connectivity index is 1.40. The summed E-state index contributed by atoms with van der Waals surface area (Å²) >= 11 is 0. The SMILES string of the molecule is CCOc1ccc(C(=O)NCCCN2CCN(c3ccccc3F)CC2)cc1OCC. The predicted molar refractivity (Wildman–Crippen MR) is 121 cm³/mol. The van der Waals surface area contributed by atoms with Crippen LogP contribution in [-0.2, 0) is 0 Å². The van der Waals surface area contributed by atoms with Crippen molar-refractivity contribution in [1.29, 1.82) is 0 Å². The highest BCUT2D eigenvalue weighted by molar-refractivity contribution is 5.94. The Labute approximate surface area is 183 Å². The zero-order valence-electron chi connectivity index (χ0n) is 18.4. The number of para-hydroxylation sites is 1. The number of rotatable bonds is 10. The molecule has 2 aromatic rings. The molecular weight excluding hydrogens is 397 g/mol. The molecule has 168 valence electrons.